The van der Waals surface area contributed by atoms with E-state index < -0.39 is 0 Å². The van der Waals surface area contributed by atoms with Gasteiger partial charge in [-0.2, -0.15) is 0 Å². The standard InChI is InChI=1S/C12H15N5O/c18-12(16-6-1-4-13-5-7-16)10-2-3-11-15-14-9-17(11)8-10/h2-3,8-9,13H,1,4-7H2. The SMILES string of the molecule is O=C(c1ccc2nncn2c1)N1CCCNCC1. The third kappa shape index (κ3) is 2.06. The number of pyridine rings is 1. The molecule has 18 heavy (non-hydrogen) atoms. The fraction of sp³-hybridized carbons (Fsp3) is 0.417. The second-order valence-corrected chi connectivity index (χ2v) is 4.41. The molecule has 1 N–H and O–H groups in total. The summed E-state index contributed by atoms with van der Waals surface area (Å²) < 4.78 is 1.77. The quantitative estimate of drug-likeness (QED) is 0.777. The van der Waals surface area contributed by atoms with Crippen LogP contribution in [0.3, 0.4) is 0 Å². The summed E-state index contributed by atoms with van der Waals surface area (Å²) in [4.78, 5) is 14.3. The van der Waals surface area contributed by atoms with E-state index in [2.05, 4.69) is 15.5 Å². The number of rotatable bonds is 1. The Morgan fingerprint density at radius 2 is 2.22 bits per heavy atom. The average Bonchev–Trinajstić information content (AvgIpc) is 2.69. The summed E-state index contributed by atoms with van der Waals surface area (Å²) in [5.74, 6) is 0.0781. The number of hydrogen-bond acceptors (Lipinski definition) is 4. The van der Waals surface area contributed by atoms with Crippen LogP contribution in [-0.2, 0) is 0 Å². The first kappa shape index (κ1) is 11.2. The molecule has 0 spiro atoms. The largest absolute Gasteiger partial charge is 0.337 e. The molecule has 1 aliphatic rings. The van der Waals surface area contributed by atoms with Crippen molar-refractivity contribution < 1.29 is 4.79 Å². The predicted octanol–water partition coefficient (Wildman–Crippen LogP) is 0.165. The first-order valence-corrected chi connectivity index (χ1v) is 6.14. The molecule has 0 atom stereocenters. The molecule has 6 heteroatoms. The monoisotopic (exact) mass is 245 g/mol. The van der Waals surface area contributed by atoms with Gasteiger partial charge in [-0.1, -0.05) is 0 Å². The van der Waals surface area contributed by atoms with E-state index in [4.69, 9.17) is 0 Å². The molecular weight excluding hydrogens is 230 g/mol. The molecule has 0 unspecified atom stereocenters. The molecule has 1 aliphatic heterocycles. The fourth-order valence-corrected chi connectivity index (χ4v) is 2.19. The maximum absolute atomic E-state index is 12.4. The Bertz CT molecular complexity index is 556. The number of carbonyl (C=O) groups excluding carboxylic acids is 1. The van der Waals surface area contributed by atoms with Gasteiger partial charge >= 0.3 is 0 Å². The summed E-state index contributed by atoms with van der Waals surface area (Å²) in [6.07, 6.45) is 4.40. The zero-order valence-corrected chi connectivity index (χ0v) is 10.0. The normalized spacial score (nSPS) is 16.8. The molecule has 2 aromatic rings. The maximum Gasteiger partial charge on any atom is 0.255 e. The summed E-state index contributed by atoms with van der Waals surface area (Å²) in [6.45, 7) is 3.42. The van der Waals surface area contributed by atoms with Crippen molar-refractivity contribution in [3.63, 3.8) is 0 Å². The van der Waals surface area contributed by atoms with Crippen molar-refractivity contribution in [2.45, 2.75) is 6.42 Å². The van der Waals surface area contributed by atoms with Crippen LogP contribution in [-0.4, -0.2) is 51.6 Å². The summed E-state index contributed by atoms with van der Waals surface area (Å²) in [6, 6.07) is 3.63. The minimum atomic E-state index is 0.0781. The highest BCUT2D eigenvalue weighted by Gasteiger charge is 2.17. The molecule has 94 valence electrons. The lowest BCUT2D eigenvalue weighted by Crippen LogP contribution is -2.34. The van der Waals surface area contributed by atoms with Gasteiger partial charge in [-0.3, -0.25) is 9.20 Å². The highest BCUT2D eigenvalue weighted by Crippen LogP contribution is 2.08. The molecule has 1 fully saturated rings. The van der Waals surface area contributed by atoms with Gasteiger partial charge in [0.25, 0.3) is 5.91 Å². The number of fused-ring (bicyclic) bond motifs is 1. The van der Waals surface area contributed by atoms with E-state index in [0.29, 0.717) is 5.56 Å². The molecule has 0 radical (unpaired) electrons. The van der Waals surface area contributed by atoms with Crippen molar-refractivity contribution in [2.75, 3.05) is 26.2 Å². The zero-order valence-electron chi connectivity index (χ0n) is 10.0. The number of amides is 1. The molecule has 2 aromatic heterocycles. The van der Waals surface area contributed by atoms with E-state index in [-0.39, 0.29) is 5.91 Å². The Morgan fingerprint density at radius 3 is 3.17 bits per heavy atom. The van der Waals surface area contributed by atoms with Crippen molar-refractivity contribution in [1.29, 1.82) is 0 Å². The number of nitrogens with one attached hydrogen (secondary N) is 1. The Labute approximate surface area is 105 Å². The van der Waals surface area contributed by atoms with Crippen molar-refractivity contribution >= 4 is 11.6 Å². The van der Waals surface area contributed by atoms with Crippen LogP contribution in [0.4, 0.5) is 0 Å². The van der Waals surface area contributed by atoms with Gasteiger partial charge in [-0.05, 0) is 25.1 Å². The molecule has 0 aliphatic carbocycles. The Balaban J connectivity index is 1.85. The molecule has 0 bridgehead atoms. The lowest BCUT2D eigenvalue weighted by molar-refractivity contribution is 0.0766. The van der Waals surface area contributed by atoms with Gasteiger partial charge in [0, 0.05) is 25.8 Å². The second-order valence-electron chi connectivity index (χ2n) is 4.41. The number of aromatic nitrogens is 3. The van der Waals surface area contributed by atoms with Crippen molar-refractivity contribution in [2.24, 2.45) is 0 Å². The summed E-state index contributed by atoms with van der Waals surface area (Å²) in [5, 5.41) is 11.0. The third-order valence-electron chi connectivity index (χ3n) is 3.17. The minimum Gasteiger partial charge on any atom is -0.337 e. The molecule has 0 saturated carbocycles. The van der Waals surface area contributed by atoms with E-state index in [0.717, 1.165) is 38.2 Å². The molecule has 3 heterocycles. The van der Waals surface area contributed by atoms with Crippen LogP contribution in [0.1, 0.15) is 16.8 Å². The number of nitrogens with zero attached hydrogens (tertiary/aromatic N) is 4. The van der Waals surface area contributed by atoms with Crippen LogP contribution >= 0.6 is 0 Å². The van der Waals surface area contributed by atoms with Gasteiger partial charge in [0.2, 0.25) is 0 Å². The van der Waals surface area contributed by atoms with E-state index in [1.807, 2.05) is 17.0 Å². The van der Waals surface area contributed by atoms with E-state index in [1.54, 1.807) is 16.9 Å². The number of carbonyl (C=O) groups is 1. The Kier molecular flexibility index (Phi) is 2.93. The molecule has 1 amide bonds. The Morgan fingerprint density at radius 1 is 1.28 bits per heavy atom. The van der Waals surface area contributed by atoms with Crippen LogP contribution < -0.4 is 5.32 Å². The van der Waals surface area contributed by atoms with Crippen LogP contribution in [0, 0.1) is 0 Å². The molecular formula is C12H15N5O. The van der Waals surface area contributed by atoms with Crippen molar-refractivity contribution in [3.05, 3.63) is 30.2 Å². The summed E-state index contributed by atoms with van der Waals surface area (Å²) in [7, 11) is 0. The van der Waals surface area contributed by atoms with E-state index in [9.17, 15) is 4.79 Å². The van der Waals surface area contributed by atoms with E-state index >= 15 is 0 Å². The lowest BCUT2D eigenvalue weighted by atomic mass is 10.2. The van der Waals surface area contributed by atoms with Crippen LogP contribution in [0.15, 0.2) is 24.7 Å². The predicted molar refractivity (Wildman–Crippen MR) is 66.4 cm³/mol. The summed E-state index contributed by atoms with van der Waals surface area (Å²) in [5.41, 5.74) is 1.44. The highest BCUT2D eigenvalue weighted by molar-refractivity contribution is 5.94. The highest BCUT2D eigenvalue weighted by atomic mass is 16.2. The lowest BCUT2D eigenvalue weighted by Gasteiger charge is -2.19. The number of hydrogen-bond donors (Lipinski definition) is 1. The van der Waals surface area contributed by atoms with Gasteiger partial charge < -0.3 is 10.2 Å². The second kappa shape index (κ2) is 4.73. The molecule has 0 aromatic carbocycles. The minimum absolute atomic E-state index is 0.0781. The van der Waals surface area contributed by atoms with Crippen LogP contribution in [0.2, 0.25) is 0 Å². The maximum atomic E-state index is 12.4. The average molecular weight is 245 g/mol. The van der Waals surface area contributed by atoms with E-state index in [1.165, 1.54) is 0 Å². The molecule has 1 saturated heterocycles. The molecule has 6 nitrogen and oxygen atoms in total. The topological polar surface area (TPSA) is 62.5 Å². The van der Waals surface area contributed by atoms with Crippen molar-refractivity contribution in [1.82, 2.24) is 24.8 Å². The Hall–Kier alpha value is -1.95. The van der Waals surface area contributed by atoms with Crippen LogP contribution in [0.5, 0.6) is 0 Å². The van der Waals surface area contributed by atoms with Crippen LogP contribution in [0.25, 0.3) is 5.65 Å². The zero-order chi connectivity index (χ0) is 12.4. The molecule has 3 rings (SSSR count). The van der Waals surface area contributed by atoms with Gasteiger partial charge in [-0.15, -0.1) is 10.2 Å². The fourth-order valence-electron chi connectivity index (χ4n) is 2.19. The van der Waals surface area contributed by atoms with Gasteiger partial charge in [0.05, 0.1) is 5.56 Å². The first-order valence-electron chi connectivity index (χ1n) is 6.14. The van der Waals surface area contributed by atoms with Crippen molar-refractivity contribution in [3.8, 4) is 0 Å². The summed E-state index contributed by atoms with van der Waals surface area (Å²) >= 11 is 0. The first-order chi connectivity index (χ1) is 8.84. The third-order valence-corrected chi connectivity index (χ3v) is 3.17. The van der Waals surface area contributed by atoms with Gasteiger partial charge in [0.1, 0.15) is 6.33 Å². The van der Waals surface area contributed by atoms with Gasteiger partial charge in [-0.25, -0.2) is 0 Å². The van der Waals surface area contributed by atoms with Gasteiger partial charge in [0.15, 0.2) is 5.65 Å². The smallest absolute Gasteiger partial charge is 0.255 e.